The first-order valence-corrected chi connectivity index (χ1v) is 13.2. The molecule has 1 atom stereocenters. The molecular formula is C25H33N3O6S. The van der Waals surface area contributed by atoms with E-state index in [-0.39, 0.29) is 18.1 Å². The van der Waals surface area contributed by atoms with Gasteiger partial charge in [0.1, 0.15) is 25.8 Å². The zero-order valence-corrected chi connectivity index (χ0v) is 21.6. The lowest BCUT2D eigenvalue weighted by atomic mass is 10.1. The number of rotatable bonds is 8. The van der Waals surface area contributed by atoms with Gasteiger partial charge in [0.05, 0.1) is 11.9 Å². The fraction of sp³-hybridized carbons (Fsp3) is 0.440. The smallest absolute Gasteiger partial charge is 0.244 e. The van der Waals surface area contributed by atoms with Crippen molar-refractivity contribution in [1.29, 1.82) is 0 Å². The van der Waals surface area contributed by atoms with Crippen molar-refractivity contribution >= 4 is 27.5 Å². The molecule has 1 heterocycles. The standard InChI is InChI=1S/C25H33N3O6S/c1-18(24(30)26-25(2,3)4)27(16-19-9-7-6-8-10-19)23(29)17-28(35(5,31)32)20-11-12-21-22(15-20)34-14-13-33-21/h6-12,15,18H,13-14,16-17H2,1-5H3,(H,26,30)/t18-/m0/s1. The second kappa shape index (κ2) is 10.6. The molecule has 190 valence electrons. The molecule has 0 aromatic heterocycles. The number of carbonyl (C=O) groups is 2. The quantitative estimate of drug-likeness (QED) is 0.594. The minimum absolute atomic E-state index is 0.150. The molecule has 2 aromatic rings. The Morgan fingerprint density at radius 2 is 1.66 bits per heavy atom. The molecule has 0 radical (unpaired) electrons. The molecule has 0 saturated carbocycles. The van der Waals surface area contributed by atoms with Crippen LogP contribution in [0.15, 0.2) is 48.5 Å². The summed E-state index contributed by atoms with van der Waals surface area (Å²) in [5, 5.41) is 2.89. The first kappa shape index (κ1) is 26.3. The second-order valence-electron chi connectivity index (χ2n) is 9.52. The number of nitrogens with one attached hydrogen (secondary N) is 1. The van der Waals surface area contributed by atoms with Gasteiger partial charge < -0.3 is 19.7 Å². The Morgan fingerprint density at radius 1 is 1.03 bits per heavy atom. The summed E-state index contributed by atoms with van der Waals surface area (Å²) in [5.41, 5.74) is 0.606. The van der Waals surface area contributed by atoms with Crippen molar-refractivity contribution in [1.82, 2.24) is 10.2 Å². The van der Waals surface area contributed by atoms with Gasteiger partial charge in [-0.2, -0.15) is 0 Å². The molecule has 1 aliphatic rings. The van der Waals surface area contributed by atoms with E-state index in [1.807, 2.05) is 51.1 Å². The van der Waals surface area contributed by atoms with Gasteiger partial charge in [-0.05, 0) is 45.4 Å². The van der Waals surface area contributed by atoms with Crippen LogP contribution in [0, 0.1) is 0 Å². The van der Waals surface area contributed by atoms with E-state index in [1.54, 1.807) is 25.1 Å². The summed E-state index contributed by atoms with van der Waals surface area (Å²) in [7, 11) is -3.83. The minimum atomic E-state index is -3.83. The fourth-order valence-corrected chi connectivity index (χ4v) is 4.48. The van der Waals surface area contributed by atoms with Crippen LogP contribution >= 0.6 is 0 Å². The highest BCUT2D eigenvalue weighted by Crippen LogP contribution is 2.34. The van der Waals surface area contributed by atoms with Gasteiger partial charge in [-0.1, -0.05) is 30.3 Å². The number of hydrogen-bond donors (Lipinski definition) is 1. The van der Waals surface area contributed by atoms with E-state index in [0.717, 1.165) is 16.1 Å². The van der Waals surface area contributed by atoms with Crippen molar-refractivity contribution in [2.75, 3.05) is 30.3 Å². The molecule has 10 heteroatoms. The van der Waals surface area contributed by atoms with Crippen LogP contribution in [-0.4, -0.2) is 62.7 Å². The van der Waals surface area contributed by atoms with Gasteiger partial charge in [0.25, 0.3) is 0 Å². The molecule has 0 unspecified atom stereocenters. The molecule has 35 heavy (non-hydrogen) atoms. The van der Waals surface area contributed by atoms with Gasteiger partial charge in [0, 0.05) is 18.2 Å². The number of ether oxygens (including phenoxy) is 2. The highest BCUT2D eigenvalue weighted by atomic mass is 32.2. The van der Waals surface area contributed by atoms with Crippen LogP contribution in [-0.2, 0) is 26.2 Å². The van der Waals surface area contributed by atoms with E-state index in [1.165, 1.54) is 4.90 Å². The number of anilines is 1. The van der Waals surface area contributed by atoms with Crippen molar-refractivity contribution in [2.45, 2.75) is 45.8 Å². The molecule has 2 aromatic carbocycles. The molecular weight excluding hydrogens is 470 g/mol. The normalized spacial score (nSPS) is 14.1. The minimum Gasteiger partial charge on any atom is -0.486 e. The van der Waals surface area contributed by atoms with Crippen LogP contribution in [0.1, 0.15) is 33.3 Å². The van der Waals surface area contributed by atoms with Crippen molar-refractivity contribution in [3.63, 3.8) is 0 Å². The van der Waals surface area contributed by atoms with Crippen molar-refractivity contribution in [2.24, 2.45) is 0 Å². The number of fused-ring (bicyclic) bond motifs is 1. The van der Waals surface area contributed by atoms with Crippen LogP contribution in [0.25, 0.3) is 0 Å². The lowest BCUT2D eigenvalue weighted by Gasteiger charge is -2.33. The summed E-state index contributed by atoms with van der Waals surface area (Å²) < 4.78 is 37.5. The molecule has 1 N–H and O–H groups in total. The second-order valence-corrected chi connectivity index (χ2v) is 11.4. The van der Waals surface area contributed by atoms with Crippen LogP contribution in [0.2, 0.25) is 0 Å². The van der Waals surface area contributed by atoms with Gasteiger partial charge in [0.2, 0.25) is 21.8 Å². The van der Waals surface area contributed by atoms with Crippen LogP contribution in [0.3, 0.4) is 0 Å². The summed E-state index contributed by atoms with van der Waals surface area (Å²) in [6.07, 6.45) is 1.04. The fourth-order valence-electron chi connectivity index (χ4n) is 3.64. The van der Waals surface area contributed by atoms with E-state index >= 15 is 0 Å². The molecule has 3 rings (SSSR count). The molecule has 0 fully saturated rings. The Bertz CT molecular complexity index is 1160. The van der Waals surface area contributed by atoms with Crippen LogP contribution in [0.4, 0.5) is 5.69 Å². The Morgan fingerprint density at radius 3 is 2.26 bits per heavy atom. The van der Waals surface area contributed by atoms with Crippen LogP contribution < -0.4 is 19.1 Å². The summed E-state index contributed by atoms with van der Waals surface area (Å²) in [5.74, 6) is 0.0876. The largest absolute Gasteiger partial charge is 0.486 e. The molecule has 1 aliphatic heterocycles. The van der Waals surface area contributed by atoms with Gasteiger partial charge in [-0.25, -0.2) is 8.42 Å². The maximum atomic E-state index is 13.6. The van der Waals surface area contributed by atoms with E-state index in [2.05, 4.69) is 5.32 Å². The zero-order chi connectivity index (χ0) is 25.8. The lowest BCUT2D eigenvalue weighted by molar-refractivity contribution is -0.140. The maximum Gasteiger partial charge on any atom is 0.244 e. The van der Waals surface area contributed by atoms with E-state index in [0.29, 0.717) is 24.7 Å². The average molecular weight is 504 g/mol. The zero-order valence-electron chi connectivity index (χ0n) is 20.8. The van der Waals surface area contributed by atoms with Gasteiger partial charge in [0.15, 0.2) is 11.5 Å². The number of benzene rings is 2. The topological polar surface area (TPSA) is 105 Å². The predicted molar refractivity (Wildman–Crippen MR) is 134 cm³/mol. The highest BCUT2D eigenvalue weighted by molar-refractivity contribution is 7.92. The van der Waals surface area contributed by atoms with Crippen molar-refractivity contribution < 1.29 is 27.5 Å². The maximum absolute atomic E-state index is 13.6. The SMILES string of the molecule is C[C@@H](C(=O)NC(C)(C)C)N(Cc1ccccc1)C(=O)CN(c1ccc2c(c1)OCCO2)S(C)(=O)=O. The molecule has 0 aliphatic carbocycles. The van der Waals surface area contributed by atoms with Gasteiger partial charge >= 0.3 is 0 Å². The summed E-state index contributed by atoms with van der Waals surface area (Å²) in [6.45, 7) is 7.63. The third-order valence-corrected chi connectivity index (χ3v) is 6.49. The van der Waals surface area contributed by atoms with E-state index in [9.17, 15) is 18.0 Å². The van der Waals surface area contributed by atoms with Crippen molar-refractivity contribution in [3.05, 3.63) is 54.1 Å². The predicted octanol–water partition coefficient (Wildman–Crippen LogP) is 2.56. The Hall–Kier alpha value is -3.27. The summed E-state index contributed by atoms with van der Waals surface area (Å²) >= 11 is 0. The number of carbonyl (C=O) groups excluding carboxylic acids is 2. The molecule has 9 nitrogen and oxygen atoms in total. The summed E-state index contributed by atoms with van der Waals surface area (Å²) in [6, 6.07) is 13.1. The number of sulfonamides is 1. The monoisotopic (exact) mass is 503 g/mol. The third kappa shape index (κ3) is 7.11. The molecule has 0 saturated heterocycles. The van der Waals surface area contributed by atoms with Gasteiger partial charge in [-0.3, -0.25) is 13.9 Å². The highest BCUT2D eigenvalue weighted by Gasteiger charge is 2.31. The molecule has 2 amide bonds. The first-order chi connectivity index (χ1) is 16.3. The van der Waals surface area contributed by atoms with Crippen molar-refractivity contribution in [3.8, 4) is 11.5 Å². The van der Waals surface area contributed by atoms with E-state index in [4.69, 9.17) is 9.47 Å². The van der Waals surface area contributed by atoms with Crippen LogP contribution in [0.5, 0.6) is 11.5 Å². The lowest BCUT2D eigenvalue weighted by Crippen LogP contribution is -2.54. The van der Waals surface area contributed by atoms with E-state index < -0.39 is 34.1 Å². The molecule has 0 spiro atoms. The van der Waals surface area contributed by atoms with Gasteiger partial charge in [-0.15, -0.1) is 0 Å². The summed E-state index contributed by atoms with van der Waals surface area (Å²) in [4.78, 5) is 27.9. The third-order valence-electron chi connectivity index (χ3n) is 5.35. The Kier molecular flexibility index (Phi) is 7.94. The number of nitrogens with zero attached hydrogens (tertiary/aromatic N) is 2. The Balaban J connectivity index is 1.91. The first-order valence-electron chi connectivity index (χ1n) is 11.4. The number of hydrogen-bond acceptors (Lipinski definition) is 6. The Labute approximate surface area is 207 Å². The average Bonchev–Trinajstić information content (AvgIpc) is 2.79. The number of amides is 2. The molecule has 0 bridgehead atoms.